The number of nitrogens with one attached hydrogen (secondary N) is 1. The van der Waals surface area contributed by atoms with Crippen LogP contribution in [-0.2, 0) is 4.74 Å². The summed E-state index contributed by atoms with van der Waals surface area (Å²) < 4.78 is 5.45. The average molecular weight is 392 g/mol. The summed E-state index contributed by atoms with van der Waals surface area (Å²) in [6.07, 6.45) is 5.29. The molecule has 2 heterocycles. The number of carbonyl (C=O) groups is 1. The molecule has 152 valence electrons. The minimum absolute atomic E-state index is 0.0357. The van der Waals surface area contributed by atoms with Crippen molar-refractivity contribution in [3.63, 3.8) is 0 Å². The molecule has 3 fully saturated rings. The summed E-state index contributed by atoms with van der Waals surface area (Å²) in [5.74, 6) is -0.0357. The van der Waals surface area contributed by atoms with Gasteiger partial charge in [0.1, 0.15) is 0 Å². The maximum atomic E-state index is 13.1. The molecule has 1 spiro atoms. The second-order valence-electron chi connectivity index (χ2n) is 8.61. The molecule has 0 radical (unpaired) electrons. The highest BCUT2D eigenvalue weighted by atomic mass is 16.5. The van der Waals surface area contributed by atoms with Crippen LogP contribution >= 0.6 is 0 Å². The number of piperidine rings is 1. The lowest BCUT2D eigenvalue weighted by molar-refractivity contribution is 0.102. The molecular formula is C24H29N3O2. The van der Waals surface area contributed by atoms with Crippen molar-refractivity contribution in [2.45, 2.75) is 25.7 Å². The normalized spacial score (nSPS) is 20.6. The van der Waals surface area contributed by atoms with Gasteiger partial charge in [-0.15, -0.1) is 0 Å². The first-order valence-electron chi connectivity index (χ1n) is 10.8. The molecule has 5 rings (SSSR count). The van der Waals surface area contributed by atoms with Crippen LogP contribution in [0.5, 0.6) is 0 Å². The van der Waals surface area contributed by atoms with Crippen molar-refractivity contribution in [2.75, 3.05) is 54.5 Å². The van der Waals surface area contributed by atoms with Gasteiger partial charge in [0.2, 0.25) is 0 Å². The van der Waals surface area contributed by atoms with Gasteiger partial charge in [0.15, 0.2) is 0 Å². The summed E-state index contributed by atoms with van der Waals surface area (Å²) in [7, 11) is 0. The maximum Gasteiger partial charge on any atom is 0.257 e. The third kappa shape index (κ3) is 3.97. The van der Waals surface area contributed by atoms with E-state index < -0.39 is 0 Å². The molecule has 1 N–H and O–H groups in total. The predicted molar refractivity (Wildman–Crippen MR) is 117 cm³/mol. The van der Waals surface area contributed by atoms with Gasteiger partial charge in [0.05, 0.1) is 18.8 Å². The lowest BCUT2D eigenvalue weighted by Crippen LogP contribution is -2.36. The molecule has 0 bridgehead atoms. The third-order valence-corrected chi connectivity index (χ3v) is 6.75. The van der Waals surface area contributed by atoms with Gasteiger partial charge in [0, 0.05) is 43.2 Å². The number of nitrogens with zero attached hydrogens (tertiary/aromatic N) is 2. The highest BCUT2D eigenvalue weighted by Gasteiger charge is 2.44. The molecule has 5 heteroatoms. The molecule has 0 aromatic heterocycles. The van der Waals surface area contributed by atoms with Crippen molar-refractivity contribution < 1.29 is 9.53 Å². The Bertz CT molecular complexity index is 877. The average Bonchev–Trinajstić information content (AvgIpc) is 3.54. The Labute approximate surface area is 172 Å². The largest absolute Gasteiger partial charge is 0.378 e. The molecule has 2 aromatic carbocycles. The van der Waals surface area contributed by atoms with E-state index in [4.69, 9.17) is 4.74 Å². The number of para-hydroxylation sites is 1. The first-order chi connectivity index (χ1) is 14.2. The Balaban J connectivity index is 1.31. The molecule has 29 heavy (non-hydrogen) atoms. The fourth-order valence-corrected chi connectivity index (χ4v) is 4.64. The quantitative estimate of drug-likeness (QED) is 0.850. The van der Waals surface area contributed by atoms with Gasteiger partial charge < -0.3 is 19.9 Å². The molecule has 1 amide bonds. The summed E-state index contributed by atoms with van der Waals surface area (Å²) in [5.41, 5.74) is 4.42. The molecule has 2 aromatic rings. The number of hydrogen-bond acceptors (Lipinski definition) is 4. The van der Waals surface area contributed by atoms with E-state index in [1.54, 1.807) is 0 Å². The number of ether oxygens (including phenoxy) is 1. The Morgan fingerprint density at radius 1 is 0.862 bits per heavy atom. The monoisotopic (exact) mass is 391 g/mol. The Hall–Kier alpha value is -2.53. The number of morpholine rings is 1. The zero-order valence-electron chi connectivity index (χ0n) is 16.9. The number of benzene rings is 2. The molecule has 1 aliphatic carbocycles. The zero-order valence-corrected chi connectivity index (χ0v) is 16.9. The fraction of sp³-hybridized carbons (Fsp3) is 0.458. The molecule has 3 aliphatic rings. The van der Waals surface area contributed by atoms with Crippen molar-refractivity contribution >= 4 is 23.0 Å². The molecular weight excluding hydrogens is 362 g/mol. The smallest absolute Gasteiger partial charge is 0.257 e. The van der Waals surface area contributed by atoms with Gasteiger partial charge in [-0.05, 0) is 61.4 Å². The van der Waals surface area contributed by atoms with Crippen LogP contribution in [0.3, 0.4) is 0 Å². The first kappa shape index (κ1) is 18.5. The number of hydrogen-bond donors (Lipinski definition) is 1. The minimum Gasteiger partial charge on any atom is -0.378 e. The molecule has 2 aliphatic heterocycles. The van der Waals surface area contributed by atoms with E-state index in [1.165, 1.54) is 25.7 Å². The zero-order chi connectivity index (χ0) is 19.7. The van der Waals surface area contributed by atoms with Crippen LogP contribution in [0.25, 0.3) is 0 Å². The van der Waals surface area contributed by atoms with Crippen LogP contribution in [0.4, 0.5) is 17.1 Å². The molecule has 0 unspecified atom stereocenters. The van der Waals surface area contributed by atoms with Crippen molar-refractivity contribution in [2.24, 2.45) is 5.41 Å². The van der Waals surface area contributed by atoms with Gasteiger partial charge in [-0.3, -0.25) is 4.79 Å². The van der Waals surface area contributed by atoms with Gasteiger partial charge in [-0.1, -0.05) is 18.2 Å². The van der Waals surface area contributed by atoms with Crippen molar-refractivity contribution in [3.8, 4) is 0 Å². The topological polar surface area (TPSA) is 44.8 Å². The first-order valence-corrected chi connectivity index (χ1v) is 10.8. The van der Waals surface area contributed by atoms with Crippen LogP contribution < -0.4 is 15.1 Å². The van der Waals surface area contributed by atoms with E-state index in [0.717, 1.165) is 62.0 Å². The Morgan fingerprint density at radius 2 is 1.62 bits per heavy atom. The van der Waals surface area contributed by atoms with Crippen molar-refractivity contribution in [3.05, 3.63) is 54.1 Å². The summed E-state index contributed by atoms with van der Waals surface area (Å²) in [6, 6.07) is 16.1. The maximum absolute atomic E-state index is 13.1. The third-order valence-electron chi connectivity index (χ3n) is 6.75. The van der Waals surface area contributed by atoms with E-state index in [0.29, 0.717) is 5.41 Å². The lowest BCUT2D eigenvalue weighted by Gasteiger charge is -2.34. The Kier molecular flexibility index (Phi) is 4.92. The lowest BCUT2D eigenvalue weighted by atomic mass is 9.93. The number of rotatable bonds is 4. The minimum atomic E-state index is -0.0357. The second kappa shape index (κ2) is 7.71. The van der Waals surface area contributed by atoms with Crippen molar-refractivity contribution in [1.82, 2.24) is 0 Å². The molecule has 2 saturated heterocycles. The number of amides is 1. The van der Waals surface area contributed by atoms with Crippen LogP contribution in [0.1, 0.15) is 36.0 Å². The van der Waals surface area contributed by atoms with E-state index in [2.05, 4.69) is 33.3 Å². The second-order valence-corrected chi connectivity index (χ2v) is 8.61. The van der Waals surface area contributed by atoms with Gasteiger partial charge in [-0.25, -0.2) is 0 Å². The van der Waals surface area contributed by atoms with Gasteiger partial charge in [0.25, 0.3) is 5.91 Å². The number of anilines is 3. The van der Waals surface area contributed by atoms with Crippen LogP contribution in [-0.4, -0.2) is 45.3 Å². The summed E-state index contributed by atoms with van der Waals surface area (Å²) >= 11 is 0. The predicted octanol–water partition coefficient (Wildman–Crippen LogP) is 4.16. The number of carbonyl (C=O) groups excluding carboxylic acids is 1. The SMILES string of the molecule is O=C(Nc1cccc(N2CCOCC2)c1)c1ccccc1N1CCC2(CC1)CC2. The summed E-state index contributed by atoms with van der Waals surface area (Å²) in [6.45, 7) is 5.38. The highest BCUT2D eigenvalue weighted by molar-refractivity contribution is 6.08. The summed E-state index contributed by atoms with van der Waals surface area (Å²) in [5, 5.41) is 3.12. The molecule has 1 saturated carbocycles. The van der Waals surface area contributed by atoms with Crippen LogP contribution in [0.2, 0.25) is 0 Å². The standard InChI is InChI=1S/C24H29N3O2/c28-23(25-19-4-3-5-20(18-19)26-14-16-29-17-15-26)21-6-1-2-7-22(21)27-12-10-24(8-9-24)11-13-27/h1-7,18H,8-17H2,(H,25,28). The van der Waals surface area contributed by atoms with Gasteiger partial charge >= 0.3 is 0 Å². The molecule has 0 atom stereocenters. The van der Waals surface area contributed by atoms with Crippen LogP contribution in [0.15, 0.2) is 48.5 Å². The van der Waals surface area contributed by atoms with E-state index in [1.807, 2.05) is 30.3 Å². The summed E-state index contributed by atoms with van der Waals surface area (Å²) in [4.78, 5) is 17.8. The van der Waals surface area contributed by atoms with Crippen molar-refractivity contribution in [1.29, 1.82) is 0 Å². The fourth-order valence-electron chi connectivity index (χ4n) is 4.64. The molecule has 5 nitrogen and oxygen atoms in total. The van der Waals surface area contributed by atoms with Crippen LogP contribution in [0, 0.1) is 5.41 Å². The van der Waals surface area contributed by atoms with Gasteiger partial charge in [-0.2, -0.15) is 0 Å². The van der Waals surface area contributed by atoms with E-state index in [-0.39, 0.29) is 5.91 Å². The Morgan fingerprint density at radius 3 is 2.38 bits per heavy atom. The van der Waals surface area contributed by atoms with E-state index in [9.17, 15) is 4.79 Å². The highest BCUT2D eigenvalue weighted by Crippen LogP contribution is 2.54. The van der Waals surface area contributed by atoms with E-state index >= 15 is 0 Å².